The van der Waals surface area contributed by atoms with Crippen LogP contribution in [0.4, 0.5) is 0 Å². The Kier molecular flexibility index (Phi) is 6.61. The molecule has 2 rings (SSSR count). The molecule has 0 bridgehead atoms. The van der Waals surface area contributed by atoms with E-state index < -0.39 is 0 Å². The minimum absolute atomic E-state index is 0.0542. The summed E-state index contributed by atoms with van der Waals surface area (Å²) in [5, 5.41) is 5.74. The summed E-state index contributed by atoms with van der Waals surface area (Å²) in [6, 6.07) is 7.17. The second-order valence-electron chi connectivity index (χ2n) is 6.52. The summed E-state index contributed by atoms with van der Waals surface area (Å²) in [7, 11) is 1.62. The molecule has 1 heterocycles. The number of hydrogen-bond donors (Lipinski definition) is 2. The first-order chi connectivity index (χ1) is 11.5. The Morgan fingerprint density at radius 1 is 1.38 bits per heavy atom. The van der Waals surface area contributed by atoms with Crippen LogP contribution in [0, 0.1) is 5.92 Å². The van der Waals surface area contributed by atoms with Gasteiger partial charge in [-0.15, -0.1) is 0 Å². The van der Waals surface area contributed by atoms with E-state index in [1.54, 1.807) is 7.11 Å². The average molecular weight is 333 g/mol. The van der Waals surface area contributed by atoms with Crippen molar-refractivity contribution in [1.82, 2.24) is 15.5 Å². The third-order valence-corrected chi connectivity index (χ3v) is 4.07. The van der Waals surface area contributed by atoms with E-state index in [0.29, 0.717) is 19.0 Å². The van der Waals surface area contributed by atoms with Gasteiger partial charge in [0, 0.05) is 26.2 Å². The predicted octanol–water partition coefficient (Wildman–Crippen LogP) is 1.16. The van der Waals surface area contributed by atoms with Crippen molar-refractivity contribution in [3.8, 4) is 5.75 Å². The lowest BCUT2D eigenvalue weighted by Gasteiger charge is -2.35. The van der Waals surface area contributed by atoms with Gasteiger partial charge in [-0.2, -0.15) is 0 Å². The number of rotatable bonds is 7. The molecule has 6 heteroatoms. The van der Waals surface area contributed by atoms with Gasteiger partial charge in [-0.1, -0.05) is 26.0 Å². The summed E-state index contributed by atoms with van der Waals surface area (Å²) in [5.74, 6) is 1.08. The van der Waals surface area contributed by atoms with E-state index in [-0.39, 0.29) is 24.3 Å². The zero-order valence-corrected chi connectivity index (χ0v) is 14.7. The monoisotopic (exact) mass is 333 g/mol. The number of piperazine rings is 1. The summed E-state index contributed by atoms with van der Waals surface area (Å²) in [6.45, 7) is 6.95. The van der Waals surface area contributed by atoms with Crippen LogP contribution in [-0.4, -0.2) is 49.5 Å². The SMILES string of the molecule is COc1ccc(CNC(=O)C[C@H]2C(=O)NCCN2CC(C)C)cc1. The van der Waals surface area contributed by atoms with Gasteiger partial charge in [0.15, 0.2) is 0 Å². The van der Waals surface area contributed by atoms with Gasteiger partial charge in [-0.25, -0.2) is 0 Å². The number of carbonyl (C=O) groups excluding carboxylic acids is 2. The van der Waals surface area contributed by atoms with Crippen molar-refractivity contribution in [2.24, 2.45) is 5.92 Å². The Labute approximate surface area is 143 Å². The number of nitrogens with zero attached hydrogens (tertiary/aromatic N) is 1. The quantitative estimate of drug-likeness (QED) is 0.785. The second-order valence-corrected chi connectivity index (χ2v) is 6.52. The lowest BCUT2D eigenvalue weighted by molar-refractivity contribution is -0.134. The van der Waals surface area contributed by atoms with Crippen LogP contribution in [0.1, 0.15) is 25.8 Å². The van der Waals surface area contributed by atoms with Crippen molar-refractivity contribution in [3.05, 3.63) is 29.8 Å². The van der Waals surface area contributed by atoms with Crippen molar-refractivity contribution in [1.29, 1.82) is 0 Å². The number of amides is 2. The smallest absolute Gasteiger partial charge is 0.237 e. The van der Waals surface area contributed by atoms with Crippen LogP contribution in [0.2, 0.25) is 0 Å². The first kappa shape index (κ1) is 18.3. The molecule has 0 unspecified atom stereocenters. The number of benzene rings is 1. The Morgan fingerprint density at radius 2 is 2.08 bits per heavy atom. The maximum atomic E-state index is 12.2. The third-order valence-electron chi connectivity index (χ3n) is 4.07. The molecule has 1 aromatic rings. The highest BCUT2D eigenvalue weighted by Crippen LogP contribution is 2.13. The van der Waals surface area contributed by atoms with Gasteiger partial charge in [0.05, 0.1) is 19.6 Å². The molecule has 1 aliphatic rings. The van der Waals surface area contributed by atoms with Gasteiger partial charge in [-0.3, -0.25) is 14.5 Å². The second kappa shape index (κ2) is 8.68. The third kappa shape index (κ3) is 5.23. The van der Waals surface area contributed by atoms with E-state index in [1.807, 2.05) is 24.3 Å². The van der Waals surface area contributed by atoms with Crippen LogP contribution in [-0.2, 0) is 16.1 Å². The maximum Gasteiger partial charge on any atom is 0.237 e. The molecule has 6 nitrogen and oxygen atoms in total. The topological polar surface area (TPSA) is 70.7 Å². The van der Waals surface area contributed by atoms with Crippen molar-refractivity contribution >= 4 is 11.8 Å². The van der Waals surface area contributed by atoms with Gasteiger partial charge < -0.3 is 15.4 Å². The normalized spacial score (nSPS) is 18.3. The van der Waals surface area contributed by atoms with Crippen LogP contribution >= 0.6 is 0 Å². The molecule has 0 aliphatic carbocycles. The minimum Gasteiger partial charge on any atom is -0.497 e. The first-order valence-electron chi connectivity index (χ1n) is 8.41. The van der Waals surface area contributed by atoms with Crippen LogP contribution in [0.15, 0.2) is 24.3 Å². The van der Waals surface area contributed by atoms with E-state index in [1.165, 1.54) is 0 Å². The molecule has 1 aromatic carbocycles. The highest BCUT2D eigenvalue weighted by molar-refractivity contribution is 5.88. The zero-order valence-electron chi connectivity index (χ0n) is 14.7. The van der Waals surface area contributed by atoms with Crippen LogP contribution in [0.3, 0.4) is 0 Å². The number of methoxy groups -OCH3 is 1. The Morgan fingerprint density at radius 3 is 2.71 bits per heavy atom. The summed E-state index contributed by atoms with van der Waals surface area (Å²) < 4.78 is 5.11. The lowest BCUT2D eigenvalue weighted by Crippen LogP contribution is -2.57. The van der Waals surface area contributed by atoms with E-state index >= 15 is 0 Å². The first-order valence-corrected chi connectivity index (χ1v) is 8.41. The molecule has 0 saturated carbocycles. The molecule has 1 atom stereocenters. The Hall–Kier alpha value is -2.08. The summed E-state index contributed by atoms with van der Waals surface area (Å²) in [6.07, 6.45) is 0.189. The molecule has 24 heavy (non-hydrogen) atoms. The molecule has 0 radical (unpaired) electrons. The molecule has 132 valence electrons. The maximum absolute atomic E-state index is 12.2. The number of hydrogen-bond acceptors (Lipinski definition) is 4. The fourth-order valence-electron chi connectivity index (χ4n) is 2.86. The van der Waals surface area contributed by atoms with Gasteiger partial charge >= 0.3 is 0 Å². The van der Waals surface area contributed by atoms with Crippen molar-refractivity contribution in [2.45, 2.75) is 32.9 Å². The molecule has 1 fully saturated rings. The summed E-state index contributed by atoms with van der Waals surface area (Å²) in [4.78, 5) is 26.5. The number of carbonyl (C=O) groups is 2. The van der Waals surface area contributed by atoms with Crippen molar-refractivity contribution in [3.63, 3.8) is 0 Å². The van der Waals surface area contributed by atoms with E-state index in [2.05, 4.69) is 29.4 Å². The van der Waals surface area contributed by atoms with Gasteiger partial charge in [0.25, 0.3) is 0 Å². The molecular weight excluding hydrogens is 306 g/mol. The van der Waals surface area contributed by atoms with Crippen molar-refractivity contribution < 1.29 is 14.3 Å². The minimum atomic E-state index is -0.378. The highest BCUT2D eigenvalue weighted by atomic mass is 16.5. The van der Waals surface area contributed by atoms with Crippen LogP contribution in [0.25, 0.3) is 0 Å². The Bertz CT molecular complexity index is 557. The average Bonchev–Trinajstić information content (AvgIpc) is 2.56. The van der Waals surface area contributed by atoms with E-state index in [0.717, 1.165) is 24.4 Å². The largest absolute Gasteiger partial charge is 0.497 e. The van der Waals surface area contributed by atoms with Gasteiger partial charge in [0.1, 0.15) is 5.75 Å². The molecule has 1 aliphatic heterocycles. The van der Waals surface area contributed by atoms with Gasteiger partial charge in [0.2, 0.25) is 11.8 Å². The molecule has 0 spiro atoms. The molecular formula is C18H27N3O3. The number of ether oxygens (including phenoxy) is 1. The van der Waals surface area contributed by atoms with Crippen molar-refractivity contribution in [2.75, 3.05) is 26.7 Å². The van der Waals surface area contributed by atoms with Crippen LogP contribution in [0.5, 0.6) is 5.75 Å². The van der Waals surface area contributed by atoms with E-state index in [9.17, 15) is 9.59 Å². The number of nitrogens with one attached hydrogen (secondary N) is 2. The summed E-state index contributed by atoms with van der Waals surface area (Å²) >= 11 is 0. The fraction of sp³-hybridized carbons (Fsp3) is 0.556. The predicted molar refractivity (Wildman–Crippen MR) is 92.7 cm³/mol. The van der Waals surface area contributed by atoms with Crippen LogP contribution < -0.4 is 15.4 Å². The summed E-state index contributed by atoms with van der Waals surface area (Å²) in [5.41, 5.74) is 0.997. The van der Waals surface area contributed by atoms with E-state index in [4.69, 9.17) is 4.74 Å². The molecule has 2 N–H and O–H groups in total. The molecule has 0 aromatic heterocycles. The lowest BCUT2D eigenvalue weighted by atomic mass is 10.1. The standard InChI is InChI=1S/C18H27N3O3/c1-13(2)12-21-9-8-19-18(23)16(21)10-17(22)20-11-14-4-6-15(24-3)7-5-14/h4-7,13,16H,8-12H2,1-3H3,(H,19,23)(H,20,22)/t16-/m0/s1. The van der Waals surface area contributed by atoms with Gasteiger partial charge in [-0.05, 0) is 23.6 Å². The fourth-order valence-corrected chi connectivity index (χ4v) is 2.86. The Balaban J connectivity index is 1.87. The molecule has 1 saturated heterocycles. The molecule has 2 amide bonds. The highest BCUT2D eigenvalue weighted by Gasteiger charge is 2.31. The zero-order chi connectivity index (χ0) is 17.5.